The van der Waals surface area contributed by atoms with Gasteiger partial charge in [0.2, 0.25) is 0 Å². The van der Waals surface area contributed by atoms with Crippen LogP contribution in [-0.2, 0) is 7.05 Å². The van der Waals surface area contributed by atoms with Crippen LogP contribution in [0.2, 0.25) is 0 Å². The minimum absolute atomic E-state index is 0.448. The van der Waals surface area contributed by atoms with Crippen molar-refractivity contribution in [3.8, 4) is 0 Å². The van der Waals surface area contributed by atoms with E-state index in [0.29, 0.717) is 11.9 Å². The zero-order valence-electron chi connectivity index (χ0n) is 7.38. The van der Waals surface area contributed by atoms with Gasteiger partial charge < -0.3 is 5.32 Å². The topological polar surface area (TPSA) is 55.6 Å². The van der Waals surface area contributed by atoms with Gasteiger partial charge >= 0.3 is 0 Å². The zero-order chi connectivity index (χ0) is 9.10. The first-order valence-electron chi connectivity index (χ1n) is 4.17. The Kier molecular flexibility index (Phi) is 2.08. The molecular weight excluding hydrogens is 166 g/mol. The van der Waals surface area contributed by atoms with Crippen LogP contribution in [0.3, 0.4) is 0 Å². The van der Waals surface area contributed by atoms with Crippen molar-refractivity contribution in [3.05, 3.63) is 24.3 Å². The molecule has 0 amide bonds. The first-order chi connectivity index (χ1) is 6.34. The second-order valence-corrected chi connectivity index (χ2v) is 2.92. The van der Waals surface area contributed by atoms with Crippen LogP contribution >= 0.6 is 0 Å². The largest absolute Gasteiger partial charge is 0.351 e. The third kappa shape index (κ3) is 1.93. The predicted octanol–water partition coefficient (Wildman–Crippen LogP) is 0.364. The number of rotatable bonds is 3. The Hall–Kier alpha value is -1.65. The van der Waals surface area contributed by atoms with Crippen LogP contribution in [0.4, 0.5) is 5.95 Å². The molecule has 13 heavy (non-hydrogen) atoms. The normalized spacial score (nSPS) is 15.5. The van der Waals surface area contributed by atoms with Gasteiger partial charge in [-0.15, -0.1) is 5.10 Å². The Morgan fingerprint density at radius 3 is 2.85 bits per heavy atom. The molecular formula is C8H11N5. The Morgan fingerprint density at radius 1 is 1.46 bits per heavy atom. The summed E-state index contributed by atoms with van der Waals surface area (Å²) < 4.78 is 0. The lowest BCUT2D eigenvalue weighted by Crippen LogP contribution is -2.10. The number of allylic oxidation sites excluding steroid dienone is 2. The molecule has 0 atom stereocenters. The van der Waals surface area contributed by atoms with E-state index in [1.54, 1.807) is 7.05 Å². The monoisotopic (exact) mass is 177 g/mol. The van der Waals surface area contributed by atoms with Crippen molar-refractivity contribution >= 4 is 5.95 Å². The summed E-state index contributed by atoms with van der Waals surface area (Å²) in [6.07, 6.45) is 8.33. The summed E-state index contributed by atoms with van der Waals surface area (Å²) in [5.74, 6) is 1.03. The first kappa shape index (κ1) is 7.97. The Bertz CT molecular complexity index is 326. The van der Waals surface area contributed by atoms with Crippen molar-refractivity contribution in [2.45, 2.75) is 0 Å². The van der Waals surface area contributed by atoms with Crippen LogP contribution in [0.5, 0.6) is 0 Å². The van der Waals surface area contributed by atoms with Gasteiger partial charge in [0.1, 0.15) is 0 Å². The van der Waals surface area contributed by atoms with E-state index < -0.39 is 0 Å². The van der Waals surface area contributed by atoms with E-state index in [1.165, 1.54) is 4.80 Å². The van der Waals surface area contributed by atoms with Gasteiger partial charge in [-0.25, -0.2) is 0 Å². The van der Waals surface area contributed by atoms with Gasteiger partial charge in [0.15, 0.2) is 0 Å². The van der Waals surface area contributed by atoms with E-state index in [4.69, 9.17) is 0 Å². The molecule has 2 rings (SSSR count). The number of anilines is 1. The highest BCUT2D eigenvalue weighted by molar-refractivity contribution is 5.24. The minimum Gasteiger partial charge on any atom is -0.351 e. The summed E-state index contributed by atoms with van der Waals surface area (Å²) in [7, 11) is 1.74. The second kappa shape index (κ2) is 3.38. The molecule has 0 saturated heterocycles. The molecule has 1 aliphatic rings. The summed E-state index contributed by atoms with van der Waals surface area (Å²) >= 11 is 0. The molecule has 1 aromatic heterocycles. The molecule has 68 valence electrons. The first-order valence-corrected chi connectivity index (χ1v) is 4.17. The second-order valence-electron chi connectivity index (χ2n) is 2.92. The van der Waals surface area contributed by atoms with Gasteiger partial charge in [-0.2, -0.15) is 4.80 Å². The fraction of sp³-hybridized carbons (Fsp3) is 0.375. The molecule has 1 N–H and O–H groups in total. The SMILES string of the molecule is Cn1nnc(NCC2C=CC=C2)n1. The number of tetrazole rings is 1. The number of hydrogen-bond donors (Lipinski definition) is 1. The lowest BCUT2D eigenvalue weighted by Gasteiger charge is -2.03. The Morgan fingerprint density at radius 2 is 2.23 bits per heavy atom. The van der Waals surface area contributed by atoms with E-state index >= 15 is 0 Å². The summed E-state index contributed by atoms with van der Waals surface area (Å²) in [6, 6.07) is 0. The quantitative estimate of drug-likeness (QED) is 0.724. The summed E-state index contributed by atoms with van der Waals surface area (Å²) in [4.78, 5) is 1.43. The van der Waals surface area contributed by atoms with Crippen molar-refractivity contribution in [2.24, 2.45) is 13.0 Å². The molecule has 0 saturated carbocycles. The summed E-state index contributed by atoms with van der Waals surface area (Å²) in [6.45, 7) is 0.818. The van der Waals surface area contributed by atoms with Crippen LogP contribution in [0, 0.1) is 5.92 Å². The predicted molar refractivity (Wildman–Crippen MR) is 49.1 cm³/mol. The smallest absolute Gasteiger partial charge is 0.263 e. The van der Waals surface area contributed by atoms with E-state index in [-0.39, 0.29) is 0 Å². The Labute approximate surface area is 76.1 Å². The van der Waals surface area contributed by atoms with Crippen molar-refractivity contribution in [2.75, 3.05) is 11.9 Å². The highest BCUT2D eigenvalue weighted by Crippen LogP contribution is 2.08. The molecule has 0 unspecified atom stereocenters. The molecule has 0 aliphatic heterocycles. The molecule has 1 aliphatic carbocycles. The number of aromatic nitrogens is 4. The van der Waals surface area contributed by atoms with Crippen molar-refractivity contribution in [1.82, 2.24) is 20.2 Å². The maximum absolute atomic E-state index is 4.01. The zero-order valence-corrected chi connectivity index (χ0v) is 7.38. The summed E-state index contributed by atoms with van der Waals surface area (Å²) in [5, 5.41) is 14.6. The van der Waals surface area contributed by atoms with Gasteiger partial charge in [-0.1, -0.05) is 29.4 Å². The highest BCUT2D eigenvalue weighted by Gasteiger charge is 2.04. The van der Waals surface area contributed by atoms with Gasteiger partial charge in [-0.3, -0.25) is 0 Å². The molecule has 0 aromatic carbocycles. The van der Waals surface area contributed by atoms with Crippen LogP contribution in [0.1, 0.15) is 0 Å². The average Bonchev–Trinajstić information content (AvgIpc) is 2.71. The van der Waals surface area contributed by atoms with Gasteiger partial charge in [0, 0.05) is 12.5 Å². The maximum Gasteiger partial charge on any atom is 0.263 e. The fourth-order valence-corrected chi connectivity index (χ4v) is 1.18. The van der Waals surface area contributed by atoms with E-state index in [0.717, 1.165) is 6.54 Å². The average molecular weight is 177 g/mol. The molecule has 0 radical (unpaired) electrons. The Balaban J connectivity index is 1.86. The molecule has 0 bridgehead atoms. The van der Waals surface area contributed by atoms with Crippen molar-refractivity contribution in [1.29, 1.82) is 0 Å². The lowest BCUT2D eigenvalue weighted by molar-refractivity contribution is 0.630. The van der Waals surface area contributed by atoms with Crippen LogP contribution in [0.15, 0.2) is 24.3 Å². The van der Waals surface area contributed by atoms with Gasteiger partial charge in [0.25, 0.3) is 5.95 Å². The summed E-state index contributed by atoms with van der Waals surface area (Å²) in [5.41, 5.74) is 0. The van der Waals surface area contributed by atoms with Crippen LogP contribution in [-0.4, -0.2) is 26.8 Å². The van der Waals surface area contributed by atoms with Gasteiger partial charge in [0.05, 0.1) is 7.05 Å². The number of nitrogens with zero attached hydrogens (tertiary/aromatic N) is 4. The molecule has 0 fully saturated rings. The number of nitrogens with one attached hydrogen (secondary N) is 1. The fourth-order valence-electron chi connectivity index (χ4n) is 1.18. The van der Waals surface area contributed by atoms with E-state index in [9.17, 15) is 0 Å². The van der Waals surface area contributed by atoms with Crippen molar-refractivity contribution < 1.29 is 0 Å². The molecule has 5 nitrogen and oxygen atoms in total. The lowest BCUT2D eigenvalue weighted by atomic mass is 10.2. The third-order valence-electron chi connectivity index (χ3n) is 1.83. The standard InChI is InChI=1S/C8H11N5/c1-13-11-8(10-12-13)9-6-7-4-2-3-5-7/h2-5,7H,6H2,1H3,(H,9,11). The molecule has 1 heterocycles. The van der Waals surface area contributed by atoms with Gasteiger partial charge in [-0.05, 0) is 5.21 Å². The molecule has 1 aromatic rings. The molecule has 5 heteroatoms. The van der Waals surface area contributed by atoms with Crippen LogP contribution in [0.25, 0.3) is 0 Å². The van der Waals surface area contributed by atoms with E-state index in [1.807, 2.05) is 12.2 Å². The molecule has 0 spiro atoms. The third-order valence-corrected chi connectivity index (χ3v) is 1.83. The van der Waals surface area contributed by atoms with E-state index in [2.05, 4.69) is 32.9 Å². The highest BCUT2D eigenvalue weighted by atomic mass is 15.6. The van der Waals surface area contributed by atoms with Crippen molar-refractivity contribution in [3.63, 3.8) is 0 Å². The number of aryl methyl sites for hydroxylation is 1. The van der Waals surface area contributed by atoms with Crippen LogP contribution < -0.4 is 5.32 Å². The number of hydrogen-bond acceptors (Lipinski definition) is 4. The minimum atomic E-state index is 0.448. The maximum atomic E-state index is 4.01.